The van der Waals surface area contributed by atoms with E-state index in [9.17, 15) is 0 Å². The Hall–Kier alpha value is -0.280. The monoisotopic (exact) mass is 315 g/mol. The van der Waals surface area contributed by atoms with Gasteiger partial charge in [0.25, 0.3) is 0 Å². The molecule has 1 atom stereocenters. The molecule has 1 aliphatic rings. The van der Waals surface area contributed by atoms with Gasteiger partial charge in [0.2, 0.25) is 0 Å². The third-order valence-electron chi connectivity index (χ3n) is 4.24. The Labute approximate surface area is 131 Å². The van der Waals surface area contributed by atoms with E-state index in [1.54, 1.807) is 6.07 Å². The third-order valence-corrected chi connectivity index (χ3v) is 4.82. The maximum atomic E-state index is 6.56. The fraction of sp³-hybridized carbons (Fsp3) is 0.625. The van der Waals surface area contributed by atoms with Crippen LogP contribution in [-0.2, 0) is 4.74 Å². The van der Waals surface area contributed by atoms with Gasteiger partial charge in [-0.1, -0.05) is 48.9 Å². The van der Waals surface area contributed by atoms with E-state index in [0.29, 0.717) is 16.7 Å². The van der Waals surface area contributed by atoms with E-state index in [4.69, 9.17) is 33.7 Å². The number of ether oxygens (including phenoxy) is 1. The smallest absolute Gasteiger partial charge is 0.0874 e. The molecule has 20 heavy (non-hydrogen) atoms. The molecule has 0 radical (unpaired) electrons. The Balaban J connectivity index is 2.34. The van der Waals surface area contributed by atoms with E-state index >= 15 is 0 Å². The van der Waals surface area contributed by atoms with E-state index in [1.165, 1.54) is 12.8 Å². The molecule has 1 aliphatic carbocycles. The third kappa shape index (κ3) is 3.48. The quantitative estimate of drug-likeness (QED) is 0.782. The number of rotatable bonds is 4. The standard InChI is InChI=1S/C16H23Cl2NO/c1-2-20-16(9-5-3-4-6-10-16)15(19)13-11-12(17)7-8-14(13)18/h7-8,11,15H,2-6,9-10,19H2,1H3. The normalized spacial score (nSPS) is 20.4. The minimum Gasteiger partial charge on any atom is -0.373 e. The summed E-state index contributed by atoms with van der Waals surface area (Å²) in [6.45, 7) is 2.70. The lowest BCUT2D eigenvalue weighted by Crippen LogP contribution is -2.43. The summed E-state index contributed by atoms with van der Waals surface area (Å²) in [5, 5.41) is 1.34. The highest BCUT2D eigenvalue weighted by Gasteiger charge is 2.39. The zero-order chi connectivity index (χ0) is 14.6. The van der Waals surface area contributed by atoms with Crippen LogP contribution in [0.25, 0.3) is 0 Å². The lowest BCUT2D eigenvalue weighted by Gasteiger charge is -2.38. The van der Waals surface area contributed by atoms with Crippen molar-refractivity contribution in [3.05, 3.63) is 33.8 Å². The highest BCUT2D eigenvalue weighted by Crippen LogP contribution is 2.41. The summed E-state index contributed by atoms with van der Waals surface area (Å²) in [5.41, 5.74) is 7.15. The van der Waals surface area contributed by atoms with Gasteiger partial charge in [0.1, 0.15) is 0 Å². The first kappa shape index (κ1) is 16.1. The Kier molecular flexibility index (Phi) is 5.74. The first-order chi connectivity index (χ1) is 9.59. The molecule has 2 rings (SSSR count). The molecule has 112 valence electrons. The molecule has 1 unspecified atom stereocenters. The summed E-state index contributed by atoms with van der Waals surface area (Å²) in [6.07, 6.45) is 6.81. The molecule has 0 aliphatic heterocycles. The molecule has 0 bridgehead atoms. The van der Waals surface area contributed by atoms with Gasteiger partial charge < -0.3 is 10.5 Å². The molecular weight excluding hydrogens is 293 g/mol. The van der Waals surface area contributed by atoms with Gasteiger partial charge >= 0.3 is 0 Å². The van der Waals surface area contributed by atoms with Crippen molar-refractivity contribution >= 4 is 23.2 Å². The number of hydrogen-bond donors (Lipinski definition) is 1. The van der Waals surface area contributed by atoms with E-state index in [0.717, 1.165) is 31.2 Å². The summed E-state index contributed by atoms with van der Waals surface area (Å²) in [4.78, 5) is 0. The summed E-state index contributed by atoms with van der Waals surface area (Å²) < 4.78 is 6.13. The van der Waals surface area contributed by atoms with Crippen LogP contribution in [0.15, 0.2) is 18.2 Å². The van der Waals surface area contributed by atoms with Crippen molar-refractivity contribution in [2.75, 3.05) is 6.61 Å². The number of hydrogen-bond acceptors (Lipinski definition) is 2. The van der Waals surface area contributed by atoms with Gasteiger partial charge in [0, 0.05) is 16.7 Å². The molecule has 4 heteroatoms. The fourth-order valence-electron chi connectivity index (χ4n) is 3.20. The molecule has 2 nitrogen and oxygen atoms in total. The second kappa shape index (κ2) is 7.13. The molecule has 1 aromatic rings. The Bertz CT molecular complexity index is 442. The van der Waals surface area contributed by atoms with Crippen LogP contribution < -0.4 is 5.73 Å². The van der Waals surface area contributed by atoms with Gasteiger partial charge in [0.15, 0.2) is 0 Å². The minimum absolute atomic E-state index is 0.230. The lowest BCUT2D eigenvalue weighted by atomic mass is 9.82. The van der Waals surface area contributed by atoms with E-state index in [-0.39, 0.29) is 11.6 Å². The van der Waals surface area contributed by atoms with E-state index in [2.05, 4.69) is 0 Å². The van der Waals surface area contributed by atoms with Gasteiger partial charge in [-0.05, 0) is 43.5 Å². The maximum absolute atomic E-state index is 6.56. The first-order valence-electron chi connectivity index (χ1n) is 7.43. The van der Waals surface area contributed by atoms with Crippen LogP contribution in [0.4, 0.5) is 0 Å². The number of halogens is 2. The molecule has 0 saturated heterocycles. The van der Waals surface area contributed by atoms with Crippen molar-refractivity contribution in [2.45, 2.75) is 57.1 Å². The van der Waals surface area contributed by atoms with Crippen LogP contribution in [0, 0.1) is 0 Å². The predicted octanol–water partition coefficient (Wildman–Crippen LogP) is 5.12. The van der Waals surface area contributed by atoms with Crippen LogP contribution in [-0.4, -0.2) is 12.2 Å². The molecule has 0 amide bonds. The topological polar surface area (TPSA) is 35.2 Å². The van der Waals surface area contributed by atoms with Crippen molar-refractivity contribution in [3.8, 4) is 0 Å². The van der Waals surface area contributed by atoms with Crippen LogP contribution in [0.1, 0.15) is 57.1 Å². The molecule has 1 saturated carbocycles. The molecule has 1 fully saturated rings. The van der Waals surface area contributed by atoms with Crippen LogP contribution in [0.2, 0.25) is 10.0 Å². The highest BCUT2D eigenvalue weighted by atomic mass is 35.5. The van der Waals surface area contributed by atoms with Gasteiger partial charge in [-0.15, -0.1) is 0 Å². The van der Waals surface area contributed by atoms with Crippen LogP contribution in [0.5, 0.6) is 0 Å². The van der Waals surface area contributed by atoms with Crippen molar-refractivity contribution < 1.29 is 4.74 Å². The predicted molar refractivity (Wildman–Crippen MR) is 85.4 cm³/mol. The molecule has 0 spiro atoms. The van der Waals surface area contributed by atoms with E-state index in [1.807, 2.05) is 19.1 Å². The molecule has 2 N–H and O–H groups in total. The van der Waals surface area contributed by atoms with Crippen LogP contribution in [0.3, 0.4) is 0 Å². The Morgan fingerprint density at radius 3 is 2.45 bits per heavy atom. The summed E-state index contributed by atoms with van der Waals surface area (Å²) in [6, 6.07) is 5.25. The second-order valence-corrected chi connectivity index (χ2v) is 6.40. The average Bonchev–Trinajstić information content (AvgIpc) is 2.68. The fourth-order valence-corrected chi connectivity index (χ4v) is 3.61. The van der Waals surface area contributed by atoms with Gasteiger partial charge in [-0.3, -0.25) is 0 Å². The SMILES string of the molecule is CCOC1(C(N)c2cc(Cl)ccc2Cl)CCCCCC1. The highest BCUT2D eigenvalue weighted by molar-refractivity contribution is 6.33. The summed E-state index contributed by atoms with van der Waals surface area (Å²) in [5.74, 6) is 0. The first-order valence-corrected chi connectivity index (χ1v) is 8.19. The van der Waals surface area contributed by atoms with Gasteiger partial charge in [0.05, 0.1) is 11.6 Å². The van der Waals surface area contributed by atoms with E-state index < -0.39 is 0 Å². The molecule has 0 heterocycles. The minimum atomic E-state index is -0.306. The van der Waals surface area contributed by atoms with Crippen molar-refractivity contribution in [2.24, 2.45) is 5.73 Å². The van der Waals surface area contributed by atoms with Crippen molar-refractivity contribution in [3.63, 3.8) is 0 Å². The van der Waals surface area contributed by atoms with Crippen LogP contribution >= 0.6 is 23.2 Å². The summed E-state index contributed by atoms with van der Waals surface area (Å²) >= 11 is 12.4. The van der Waals surface area contributed by atoms with Crippen molar-refractivity contribution in [1.82, 2.24) is 0 Å². The summed E-state index contributed by atoms with van der Waals surface area (Å²) in [7, 11) is 0. The molecule has 0 aromatic heterocycles. The number of nitrogens with two attached hydrogens (primary N) is 1. The number of benzene rings is 1. The molecular formula is C16H23Cl2NO. The lowest BCUT2D eigenvalue weighted by molar-refractivity contribution is -0.0695. The average molecular weight is 316 g/mol. The van der Waals surface area contributed by atoms with Gasteiger partial charge in [-0.25, -0.2) is 0 Å². The second-order valence-electron chi connectivity index (χ2n) is 5.56. The van der Waals surface area contributed by atoms with Gasteiger partial charge in [-0.2, -0.15) is 0 Å². The zero-order valence-corrected chi connectivity index (χ0v) is 13.5. The zero-order valence-electron chi connectivity index (χ0n) is 12.0. The Morgan fingerprint density at radius 2 is 1.85 bits per heavy atom. The largest absolute Gasteiger partial charge is 0.373 e. The van der Waals surface area contributed by atoms with Crippen molar-refractivity contribution in [1.29, 1.82) is 0 Å². The maximum Gasteiger partial charge on any atom is 0.0874 e. The molecule has 1 aromatic carbocycles. The Morgan fingerprint density at radius 1 is 1.20 bits per heavy atom.